The van der Waals surface area contributed by atoms with Crippen LogP contribution in [0, 0.1) is 106 Å². The molecule has 0 saturated carbocycles. The quantitative estimate of drug-likeness (QED) is 0.0239. The molecular weight excluding hydrogens is 1450 g/mol. The molecule has 527 valence electrons. The summed E-state index contributed by atoms with van der Waals surface area (Å²) in [5, 5.41) is 167. The maximum Gasteiger partial charge on any atom is 2.00 e. The number of aliphatic imine (C=N–C) groups is 6. The van der Waals surface area contributed by atoms with Crippen LogP contribution in [0.3, 0.4) is 0 Å². The molecule has 0 amide bonds. The standard InChI is InChI=1S/2C27H27N7O9.4C2H3N.3Mn/c2*35-25-4-1-22(32(38)39)13-19(25)16-28-7-10-31(11-8-29-17-20-14-23(33(40)41)2-5-26(20)36)12-9-30-18-21-15-24(34(42)43)3-6-27(21)37;4*1-2-3;;;/h2*1-6,13-18,35-37H,7-12H2;4*1H3;;;/q;;;;;;3*+2/p-6. The number of benzene rings is 6. The SMILES string of the molecule is CC#N.CC#N.CC#N.CC#N.O=[N+]([O-])c1ccc([O-])c(C=NCCN(CCN=Cc2cc([N+](=O)[O-])ccc2[O-])CCN=Cc2cc([N+](=O)[O-])ccc2[O-])c1.O=[N+]([O-])c1ccc([O-])c(C=NCCN(CCN=Cc2cc([N+](=O)[O-])ccc2[O-])CCN=Cc2cc([N+](=O)[O-])ccc2[O-])c1.[Mn+2].[Mn+2].[Mn+2]. The van der Waals surface area contributed by atoms with Gasteiger partial charge in [-0.3, -0.25) is 100 Å². The smallest absolute Gasteiger partial charge is 0.872 e. The molecule has 3 radical (unpaired) electrons. The molecule has 6 aromatic carbocycles. The van der Waals surface area contributed by atoms with Crippen LogP contribution in [0.25, 0.3) is 0 Å². The third kappa shape index (κ3) is 37.3. The van der Waals surface area contributed by atoms with Crippen LogP contribution in [0.5, 0.6) is 34.5 Å². The Balaban J connectivity index is -0.00000160. The molecule has 0 heterocycles. The third-order valence-electron chi connectivity index (χ3n) is 11.9. The molecular formula is C62H60Mn3N18O18. The minimum atomic E-state index is -0.619. The van der Waals surface area contributed by atoms with Crippen LogP contribution in [-0.4, -0.2) is 155 Å². The van der Waals surface area contributed by atoms with Crippen molar-refractivity contribution in [2.45, 2.75) is 27.7 Å². The van der Waals surface area contributed by atoms with E-state index in [1.807, 2.05) is 9.80 Å². The average molecular weight is 1510 g/mol. The van der Waals surface area contributed by atoms with E-state index in [1.165, 1.54) is 65.0 Å². The Bertz CT molecular complexity index is 3410. The fourth-order valence-corrected chi connectivity index (χ4v) is 7.34. The summed E-state index contributed by atoms with van der Waals surface area (Å²) >= 11 is 0. The van der Waals surface area contributed by atoms with E-state index in [9.17, 15) is 91.3 Å². The van der Waals surface area contributed by atoms with Gasteiger partial charge in [0.25, 0.3) is 34.1 Å². The zero-order chi connectivity index (χ0) is 73.5. The van der Waals surface area contributed by atoms with Gasteiger partial charge in [0.2, 0.25) is 0 Å². The van der Waals surface area contributed by atoms with Gasteiger partial charge in [-0.05, 0) is 33.4 Å². The van der Waals surface area contributed by atoms with Crippen molar-refractivity contribution in [1.29, 1.82) is 21.0 Å². The van der Waals surface area contributed by atoms with Gasteiger partial charge < -0.3 is 30.6 Å². The van der Waals surface area contributed by atoms with Crippen LogP contribution in [0.1, 0.15) is 61.1 Å². The number of nitriles is 4. The van der Waals surface area contributed by atoms with E-state index in [2.05, 4.69) is 30.0 Å². The van der Waals surface area contributed by atoms with Crippen molar-refractivity contribution in [1.82, 2.24) is 9.80 Å². The van der Waals surface area contributed by atoms with E-state index >= 15 is 0 Å². The average Bonchev–Trinajstić information content (AvgIpc) is 0.983. The van der Waals surface area contributed by atoms with Gasteiger partial charge in [0.15, 0.2) is 0 Å². The van der Waals surface area contributed by atoms with Crippen molar-refractivity contribution >= 4 is 71.4 Å². The van der Waals surface area contributed by atoms with E-state index in [0.29, 0.717) is 39.3 Å². The van der Waals surface area contributed by atoms with Gasteiger partial charge in [-0.2, -0.15) is 21.0 Å². The molecule has 0 bridgehead atoms. The van der Waals surface area contributed by atoms with Crippen LogP contribution >= 0.6 is 0 Å². The Labute approximate surface area is 608 Å². The molecule has 0 aliphatic heterocycles. The van der Waals surface area contributed by atoms with Gasteiger partial charge in [-0.25, -0.2) is 0 Å². The van der Waals surface area contributed by atoms with Gasteiger partial charge >= 0.3 is 51.2 Å². The van der Waals surface area contributed by atoms with Crippen LogP contribution in [0.15, 0.2) is 139 Å². The van der Waals surface area contributed by atoms with E-state index in [0.717, 1.165) is 109 Å². The summed E-state index contributed by atoms with van der Waals surface area (Å²) < 4.78 is 0. The summed E-state index contributed by atoms with van der Waals surface area (Å²) in [7, 11) is 0. The van der Waals surface area contributed by atoms with Crippen molar-refractivity contribution < 1.29 is 111 Å². The molecule has 101 heavy (non-hydrogen) atoms. The van der Waals surface area contributed by atoms with E-state index in [1.54, 1.807) is 24.3 Å². The number of hydrogen-bond acceptors (Lipinski definition) is 30. The molecule has 6 rings (SSSR count). The van der Waals surface area contributed by atoms with E-state index in [4.69, 9.17) is 21.0 Å². The Morgan fingerprint density at radius 2 is 0.416 bits per heavy atom. The summed E-state index contributed by atoms with van der Waals surface area (Å²) in [5.74, 6) is -2.54. The number of rotatable bonds is 30. The summed E-state index contributed by atoms with van der Waals surface area (Å²) in [6.07, 6.45) is 7.50. The first-order valence-corrected chi connectivity index (χ1v) is 28.2. The second-order valence-corrected chi connectivity index (χ2v) is 18.7. The maximum absolute atomic E-state index is 12.0. The van der Waals surface area contributed by atoms with Gasteiger partial charge in [0.05, 0.1) is 93.1 Å². The monoisotopic (exact) mass is 1510 g/mol. The molecule has 0 spiro atoms. The van der Waals surface area contributed by atoms with Crippen molar-refractivity contribution in [3.05, 3.63) is 203 Å². The van der Waals surface area contributed by atoms with Crippen LogP contribution in [0.4, 0.5) is 34.1 Å². The second kappa shape index (κ2) is 53.1. The van der Waals surface area contributed by atoms with E-state index in [-0.39, 0.29) is 158 Å². The molecule has 0 saturated heterocycles. The Morgan fingerprint density at radius 3 is 0.525 bits per heavy atom. The predicted molar refractivity (Wildman–Crippen MR) is 348 cm³/mol. The predicted octanol–water partition coefficient (Wildman–Crippen LogP) is 5.29. The first-order valence-electron chi connectivity index (χ1n) is 28.2. The number of nitro benzene ring substituents is 6. The van der Waals surface area contributed by atoms with Gasteiger partial charge in [0, 0.05) is 177 Å². The zero-order valence-corrected chi connectivity index (χ0v) is 57.4. The number of nitrogens with zero attached hydrogens (tertiary/aromatic N) is 18. The fraction of sp³-hybridized carbons (Fsp3) is 0.258. The third-order valence-corrected chi connectivity index (χ3v) is 11.9. The summed E-state index contributed by atoms with van der Waals surface area (Å²) in [5.41, 5.74) is -1.09. The summed E-state index contributed by atoms with van der Waals surface area (Å²) in [6.45, 7) is 8.96. The summed E-state index contributed by atoms with van der Waals surface area (Å²) in [6, 6.07) is 26.9. The zero-order valence-electron chi connectivity index (χ0n) is 53.9. The van der Waals surface area contributed by atoms with Gasteiger partial charge in [-0.1, -0.05) is 70.9 Å². The fourth-order valence-electron chi connectivity index (χ4n) is 7.34. The minimum absolute atomic E-state index is 0. The first-order chi connectivity index (χ1) is 46.7. The van der Waals surface area contributed by atoms with Crippen LogP contribution in [-0.2, 0) is 51.2 Å². The molecule has 0 fully saturated rings. The minimum Gasteiger partial charge on any atom is -0.872 e. The largest absolute Gasteiger partial charge is 2.00 e. The summed E-state index contributed by atoms with van der Waals surface area (Å²) in [4.78, 5) is 91.1. The number of nitro groups is 6. The van der Waals surface area contributed by atoms with Crippen molar-refractivity contribution in [3.63, 3.8) is 0 Å². The normalized spacial score (nSPS) is 10.2. The molecule has 0 N–H and O–H groups in total. The van der Waals surface area contributed by atoms with Crippen molar-refractivity contribution in [3.8, 4) is 58.8 Å². The molecule has 0 aliphatic rings. The molecule has 36 nitrogen and oxygen atoms in total. The Kier molecular flexibility index (Phi) is 49.0. The second-order valence-electron chi connectivity index (χ2n) is 18.7. The van der Waals surface area contributed by atoms with Crippen LogP contribution in [0.2, 0.25) is 0 Å². The first kappa shape index (κ1) is 93.2. The van der Waals surface area contributed by atoms with Gasteiger partial charge in [-0.15, -0.1) is 0 Å². The Morgan fingerprint density at radius 1 is 0.297 bits per heavy atom. The Hall–Kier alpha value is -12.0. The maximum atomic E-state index is 12.0. The van der Waals surface area contributed by atoms with Crippen LogP contribution < -0.4 is 30.6 Å². The number of non-ortho nitro benzene ring substituents is 6. The molecule has 0 unspecified atom stereocenters. The molecule has 39 heteroatoms. The number of hydrogen-bond donors (Lipinski definition) is 0. The van der Waals surface area contributed by atoms with Crippen molar-refractivity contribution in [2.75, 3.05) is 78.5 Å². The molecule has 0 aliphatic carbocycles. The van der Waals surface area contributed by atoms with Crippen molar-refractivity contribution in [2.24, 2.45) is 30.0 Å². The van der Waals surface area contributed by atoms with E-state index < -0.39 is 64.0 Å². The molecule has 0 atom stereocenters. The molecule has 6 aromatic rings. The molecule has 0 aromatic heterocycles. The van der Waals surface area contributed by atoms with Gasteiger partial charge in [0.1, 0.15) is 0 Å². The topological polar surface area (TPSA) is 573 Å².